The monoisotopic (exact) mass is 387 g/mol. The van der Waals surface area contributed by atoms with Gasteiger partial charge in [0.1, 0.15) is 11.5 Å². The third kappa shape index (κ3) is 4.29. The zero-order chi connectivity index (χ0) is 20.4. The fourth-order valence-corrected chi connectivity index (χ4v) is 3.17. The lowest BCUT2D eigenvalue weighted by molar-refractivity contribution is -0.114. The molecular weight excluding hydrogens is 366 g/mol. The molecule has 0 spiro atoms. The molecule has 1 fully saturated rings. The maximum Gasteiger partial charge on any atom is 0.221 e. The van der Waals surface area contributed by atoms with Gasteiger partial charge in [0, 0.05) is 24.2 Å². The highest BCUT2D eigenvalue weighted by Crippen LogP contribution is 2.42. The number of rotatable bonds is 6. The first kappa shape index (κ1) is 18.7. The van der Waals surface area contributed by atoms with E-state index >= 15 is 0 Å². The number of hydrogen-bond acceptors (Lipinski definition) is 6. The number of pyridine rings is 1. The molecule has 0 aliphatic heterocycles. The van der Waals surface area contributed by atoms with E-state index in [0.717, 1.165) is 24.0 Å². The number of aromatic nitrogens is 3. The molecule has 1 saturated carbocycles. The molecule has 7 heteroatoms. The molecule has 2 N–H and O–H groups in total. The molecule has 1 aliphatic carbocycles. The maximum absolute atomic E-state index is 11.9. The Hall–Kier alpha value is -3.61. The van der Waals surface area contributed by atoms with Crippen molar-refractivity contribution < 1.29 is 9.59 Å². The summed E-state index contributed by atoms with van der Waals surface area (Å²) < 4.78 is 0. The van der Waals surface area contributed by atoms with Gasteiger partial charge in [-0.15, -0.1) is 0 Å². The van der Waals surface area contributed by atoms with Crippen LogP contribution >= 0.6 is 0 Å². The number of nitrogens with one attached hydrogen (secondary N) is 2. The quantitative estimate of drug-likeness (QED) is 0.612. The molecule has 146 valence electrons. The molecule has 1 amide bonds. The molecule has 3 aromatic rings. The summed E-state index contributed by atoms with van der Waals surface area (Å²) in [6.45, 7) is 2.99. The van der Waals surface area contributed by atoms with Crippen molar-refractivity contribution in [3.05, 3.63) is 59.9 Å². The van der Waals surface area contributed by atoms with Crippen molar-refractivity contribution in [1.82, 2.24) is 15.0 Å². The normalized spacial score (nSPS) is 13.0. The van der Waals surface area contributed by atoms with Gasteiger partial charge in [-0.05, 0) is 37.3 Å². The van der Waals surface area contributed by atoms with Gasteiger partial charge in [0.2, 0.25) is 5.91 Å². The van der Waals surface area contributed by atoms with Crippen LogP contribution in [0.3, 0.4) is 0 Å². The van der Waals surface area contributed by atoms with Crippen molar-refractivity contribution >= 4 is 29.0 Å². The van der Waals surface area contributed by atoms with Crippen LogP contribution in [-0.2, 0) is 4.79 Å². The average molecular weight is 387 g/mol. The second-order valence-corrected chi connectivity index (χ2v) is 7.12. The Bertz CT molecular complexity index is 1080. The summed E-state index contributed by atoms with van der Waals surface area (Å²) >= 11 is 0. The first-order valence-corrected chi connectivity index (χ1v) is 9.49. The minimum atomic E-state index is -0.220. The minimum Gasteiger partial charge on any atom is -0.323 e. The highest BCUT2D eigenvalue weighted by Gasteiger charge is 2.28. The Balaban J connectivity index is 1.72. The van der Waals surface area contributed by atoms with Crippen LogP contribution in [-0.4, -0.2) is 26.6 Å². The van der Waals surface area contributed by atoms with Crippen molar-refractivity contribution in [2.45, 2.75) is 32.6 Å². The summed E-state index contributed by atoms with van der Waals surface area (Å²) in [5.41, 5.74) is 2.99. The predicted molar refractivity (Wildman–Crippen MR) is 111 cm³/mol. The van der Waals surface area contributed by atoms with Crippen molar-refractivity contribution in [2.75, 3.05) is 10.6 Å². The van der Waals surface area contributed by atoms with Crippen LogP contribution in [0.1, 0.15) is 48.5 Å². The number of carbonyl (C=O) groups excluding carboxylic acids is 2. The molecule has 1 aromatic carbocycles. The molecule has 0 radical (unpaired) electrons. The summed E-state index contributed by atoms with van der Waals surface area (Å²) in [6, 6.07) is 11.5. The molecule has 0 bridgehead atoms. The third-order valence-corrected chi connectivity index (χ3v) is 4.71. The highest BCUT2D eigenvalue weighted by molar-refractivity contribution is 5.96. The summed E-state index contributed by atoms with van der Waals surface area (Å²) in [4.78, 5) is 36.9. The Morgan fingerprint density at radius 1 is 1.03 bits per heavy atom. The lowest BCUT2D eigenvalue weighted by atomic mass is 10.0. The molecular formula is C22H21N5O2. The highest BCUT2D eigenvalue weighted by atomic mass is 16.1. The van der Waals surface area contributed by atoms with Crippen LogP contribution in [0.25, 0.3) is 11.4 Å². The SMILES string of the molecule is CC(=O)Nc1cnc(-c2ccccc2)nc1Nc1cc(C2CC2)c(C(C)=O)cn1. The summed E-state index contributed by atoms with van der Waals surface area (Å²) in [5, 5.41) is 5.93. The van der Waals surface area contributed by atoms with Crippen molar-refractivity contribution in [1.29, 1.82) is 0 Å². The summed E-state index contributed by atoms with van der Waals surface area (Å²) in [7, 11) is 0. The topological polar surface area (TPSA) is 96.9 Å². The van der Waals surface area contributed by atoms with Crippen molar-refractivity contribution in [3.63, 3.8) is 0 Å². The molecule has 29 heavy (non-hydrogen) atoms. The smallest absolute Gasteiger partial charge is 0.221 e. The van der Waals surface area contributed by atoms with Gasteiger partial charge < -0.3 is 10.6 Å². The maximum atomic E-state index is 11.9. The summed E-state index contributed by atoms with van der Waals surface area (Å²) in [5.74, 6) is 1.74. The van der Waals surface area contributed by atoms with E-state index in [1.807, 2.05) is 36.4 Å². The fraction of sp³-hybridized carbons (Fsp3) is 0.227. The van der Waals surface area contributed by atoms with Gasteiger partial charge in [0.25, 0.3) is 0 Å². The largest absolute Gasteiger partial charge is 0.323 e. The molecule has 0 unspecified atom stereocenters. The van der Waals surface area contributed by atoms with E-state index in [-0.39, 0.29) is 11.7 Å². The van der Waals surface area contributed by atoms with Crippen molar-refractivity contribution in [2.24, 2.45) is 0 Å². The number of benzene rings is 1. The Morgan fingerprint density at radius 3 is 2.45 bits per heavy atom. The lowest BCUT2D eigenvalue weighted by Gasteiger charge is -2.14. The molecule has 0 saturated heterocycles. The van der Waals surface area contributed by atoms with Crippen LogP contribution in [0.2, 0.25) is 0 Å². The summed E-state index contributed by atoms with van der Waals surface area (Å²) in [6.07, 6.45) is 5.33. The van der Waals surface area contributed by atoms with E-state index in [9.17, 15) is 9.59 Å². The Labute approximate surface area is 168 Å². The standard InChI is InChI=1S/C22H21N5O2/c1-13(28)18-11-23-20(10-17(18)15-8-9-15)26-22-19(25-14(2)29)12-24-21(27-22)16-6-4-3-5-7-16/h3-7,10-12,15H,8-9H2,1-2H3,(H,25,29)(H,23,24,26,27). The van der Waals surface area contributed by atoms with Crippen LogP contribution in [0, 0.1) is 0 Å². The number of carbonyl (C=O) groups is 2. The predicted octanol–water partition coefficient (Wildman–Crippen LogP) is 4.32. The number of nitrogens with zero attached hydrogens (tertiary/aromatic N) is 3. The number of ketones is 1. The van der Waals surface area contributed by atoms with E-state index in [1.165, 1.54) is 6.92 Å². The zero-order valence-corrected chi connectivity index (χ0v) is 16.3. The van der Waals surface area contributed by atoms with Gasteiger partial charge in [0.05, 0.1) is 6.20 Å². The first-order valence-electron chi connectivity index (χ1n) is 9.49. The minimum absolute atomic E-state index is 0.0123. The molecule has 1 aliphatic rings. The van der Waals surface area contributed by atoms with Gasteiger partial charge in [-0.25, -0.2) is 15.0 Å². The first-order chi connectivity index (χ1) is 14.0. The lowest BCUT2D eigenvalue weighted by Crippen LogP contribution is -2.11. The van der Waals surface area contributed by atoms with Gasteiger partial charge in [0.15, 0.2) is 17.4 Å². The number of Topliss-reactive ketones (excluding diaryl/α,β-unsaturated/α-hetero) is 1. The number of anilines is 3. The van der Waals surface area contributed by atoms with Crippen LogP contribution in [0.15, 0.2) is 48.8 Å². The van der Waals surface area contributed by atoms with E-state index < -0.39 is 0 Å². The van der Waals surface area contributed by atoms with E-state index in [1.54, 1.807) is 19.3 Å². The molecule has 4 rings (SSSR count). The van der Waals surface area contributed by atoms with Gasteiger partial charge in [-0.2, -0.15) is 0 Å². The zero-order valence-electron chi connectivity index (χ0n) is 16.3. The Morgan fingerprint density at radius 2 is 1.79 bits per heavy atom. The van der Waals surface area contributed by atoms with Crippen LogP contribution in [0.4, 0.5) is 17.3 Å². The second kappa shape index (κ2) is 7.79. The number of amides is 1. The van der Waals surface area contributed by atoms with Gasteiger partial charge in [-0.1, -0.05) is 30.3 Å². The number of hydrogen-bond donors (Lipinski definition) is 2. The fourth-order valence-electron chi connectivity index (χ4n) is 3.17. The van der Waals surface area contributed by atoms with Crippen LogP contribution < -0.4 is 10.6 Å². The molecule has 0 atom stereocenters. The third-order valence-electron chi connectivity index (χ3n) is 4.71. The van der Waals surface area contributed by atoms with Crippen LogP contribution in [0.5, 0.6) is 0 Å². The van der Waals surface area contributed by atoms with Gasteiger partial charge >= 0.3 is 0 Å². The van der Waals surface area contributed by atoms with E-state index in [4.69, 9.17) is 0 Å². The van der Waals surface area contributed by atoms with E-state index in [0.29, 0.717) is 34.6 Å². The Kier molecular flexibility index (Phi) is 5.03. The molecule has 7 nitrogen and oxygen atoms in total. The average Bonchev–Trinajstić information content (AvgIpc) is 3.55. The molecule has 2 aromatic heterocycles. The van der Waals surface area contributed by atoms with E-state index in [2.05, 4.69) is 25.6 Å². The van der Waals surface area contributed by atoms with Crippen molar-refractivity contribution in [3.8, 4) is 11.4 Å². The van der Waals surface area contributed by atoms with Gasteiger partial charge in [-0.3, -0.25) is 9.59 Å². The molecule has 2 heterocycles. The second-order valence-electron chi connectivity index (χ2n) is 7.12.